The van der Waals surface area contributed by atoms with Crippen molar-refractivity contribution in [2.75, 3.05) is 14.1 Å². The zero-order chi connectivity index (χ0) is 22.2. The van der Waals surface area contributed by atoms with Gasteiger partial charge in [0.25, 0.3) is 0 Å². The first-order valence-electron chi connectivity index (χ1n) is 9.54. The number of thioether (sulfide) groups is 1. The maximum absolute atomic E-state index is 12.5. The Morgan fingerprint density at radius 2 is 1.87 bits per heavy atom. The smallest absolute Gasteiger partial charge is 0.242 e. The van der Waals surface area contributed by atoms with Gasteiger partial charge in [0.05, 0.1) is 27.2 Å². The van der Waals surface area contributed by atoms with E-state index in [1.165, 1.54) is 30.2 Å². The molecule has 0 aliphatic heterocycles. The quantitative estimate of drug-likeness (QED) is 0.538. The van der Waals surface area contributed by atoms with E-state index in [0.717, 1.165) is 28.2 Å². The maximum atomic E-state index is 12.5. The molecule has 0 aliphatic carbocycles. The molecule has 0 bridgehead atoms. The van der Waals surface area contributed by atoms with Crippen molar-refractivity contribution >= 4 is 32.8 Å². The Morgan fingerprint density at radius 1 is 1.17 bits per heavy atom. The lowest BCUT2D eigenvalue weighted by Crippen LogP contribution is -2.22. The van der Waals surface area contributed by atoms with Crippen LogP contribution in [-0.4, -0.2) is 41.4 Å². The minimum absolute atomic E-state index is 0.221. The van der Waals surface area contributed by atoms with Crippen LogP contribution in [0.25, 0.3) is 11.0 Å². The third-order valence-corrected chi connectivity index (χ3v) is 8.09. The number of hydrogen-bond donors (Lipinski definition) is 0. The zero-order valence-corrected chi connectivity index (χ0v) is 19.6. The first kappa shape index (κ1) is 22.3. The van der Waals surface area contributed by atoms with Crippen LogP contribution in [0.5, 0.6) is 0 Å². The third kappa shape index (κ3) is 3.83. The van der Waals surface area contributed by atoms with E-state index in [4.69, 9.17) is 4.98 Å². The van der Waals surface area contributed by atoms with E-state index in [1.807, 2.05) is 27.7 Å². The molecule has 0 saturated carbocycles. The summed E-state index contributed by atoms with van der Waals surface area (Å²) in [5.74, 6) is 1.35. The van der Waals surface area contributed by atoms with Crippen molar-refractivity contribution in [3.63, 3.8) is 0 Å². The summed E-state index contributed by atoms with van der Waals surface area (Å²) in [6.07, 6.45) is 0. The number of fused-ring (bicyclic) bond motifs is 1. The Balaban J connectivity index is 2.01. The molecule has 0 N–H and O–H groups in total. The molecule has 0 amide bonds. The first-order valence-corrected chi connectivity index (χ1v) is 12.0. The van der Waals surface area contributed by atoms with Crippen molar-refractivity contribution in [2.24, 2.45) is 0 Å². The monoisotopic (exact) mass is 443 g/mol. The van der Waals surface area contributed by atoms with E-state index in [2.05, 4.69) is 15.6 Å². The normalized spacial score (nSPS) is 11.9. The highest BCUT2D eigenvalue weighted by molar-refractivity contribution is 7.98. The number of imidazole rings is 1. The van der Waals surface area contributed by atoms with Crippen LogP contribution in [0.1, 0.15) is 35.1 Å². The lowest BCUT2D eigenvalue weighted by atomic mass is 10.1. The molecule has 0 spiro atoms. The summed E-state index contributed by atoms with van der Waals surface area (Å²) in [5, 5.41) is 10.3. The highest BCUT2D eigenvalue weighted by Crippen LogP contribution is 2.30. The second-order valence-electron chi connectivity index (χ2n) is 7.24. The van der Waals surface area contributed by atoms with Gasteiger partial charge in [0.2, 0.25) is 10.0 Å². The second-order valence-corrected chi connectivity index (χ2v) is 10.4. The predicted molar refractivity (Wildman–Crippen MR) is 119 cm³/mol. The Hall–Kier alpha value is -2.41. The van der Waals surface area contributed by atoms with Crippen LogP contribution >= 0.6 is 11.8 Å². The number of benzene rings is 1. The molecule has 3 rings (SSSR count). The Morgan fingerprint density at radius 3 is 2.47 bits per heavy atom. The first-order chi connectivity index (χ1) is 14.1. The average Bonchev–Trinajstić information content (AvgIpc) is 3.07. The third-order valence-electron chi connectivity index (χ3n) is 5.31. The van der Waals surface area contributed by atoms with Crippen LogP contribution in [0, 0.1) is 32.1 Å². The van der Waals surface area contributed by atoms with E-state index < -0.39 is 10.0 Å². The fourth-order valence-corrected chi connectivity index (χ4v) is 5.23. The van der Waals surface area contributed by atoms with Crippen molar-refractivity contribution in [3.05, 3.63) is 46.4 Å². The van der Waals surface area contributed by atoms with Gasteiger partial charge in [-0.3, -0.25) is 0 Å². The molecule has 0 unspecified atom stereocenters. The number of nitriles is 1. The molecule has 0 atom stereocenters. The number of rotatable bonds is 6. The fourth-order valence-electron chi connectivity index (χ4n) is 3.27. The van der Waals surface area contributed by atoms with Crippen molar-refractivity contribution in [3.8, 4) is 6.07 Å². The zero-order valence-electron chi connectivity index (χ0n) is 18.0. The Labute approximate surface area is 181 Å². The average molecular weight is 444 g/mol. The van der Waals surface area contributed by atoms with Crippen LogP contribution in [0.15, 0.2) is 28.1 Å². The summed E-state index contributed by atoms with van der Waals surface area (Å²) in [6.45, 7) is 8.60. The highest BCUT2D eigenvalue weighted by atomic mass is 32.2. The highest BCUT2D eigenvalue weighted by Gasteiger charge is 2.20. The lowest BCUT2D eigenvalue weighted by molar-refractivity contribution is 0.521. The van der Waals surface area contributed by atoms with Gasteiger partial charge in [-0.05, 0) is 57.0 Å². The molecule has 1 aromatic carbocycles. The SMILES string of the molecule is CCn1c(CSc2nc(C)c(C)c(C)c2C#N)nc2cc(S(=O)(=O)N(C)C)ccc21. The van der Waals surface area contributed by atoms with Gasteiger partial charge in [-0.25, -0.2) is 22.7 Å². The summed E-state index contributed by atoms with van der Waals surface area (Å²) in [7, 11) is -0.501. The molecule has 7 nitrogen and oxygen atoms in total. The van der Waals surface area contributed by atoms with Gasteiger partial charge in [-0.15, -0.1) is 0 Å². The minimum atomic E-state index is -3.52. The van der Waals surface area contributed by atoms with Gasteiger partial charge in [-0.1, -0.05) is 11.8 Å². The van der Waals surface area contributed by atoms with Crippen molar-refractivity contribution in [1.82, 2.24) is 18.8 Å². The maximum Gasteiger partial charge on any atom is 0.242 e. The number of aromatic nitrogens is 3. The topological polar surface area (TPSA) is 91.9 Å². The number of aryl methyl sites for hydroxylation is 2. The molecule has 2 heterocycles. The van der Waals surface area contributed by atoms with Gasteiger partial charge in [0.1, 0.15) is 16.9 Å². The molecule has 30 heavy (non-hydrogen) atoms. The van der Waals surface area contributed by atoms with E-state index in [-0.39, 0.29) is 4.90 Å². The van der Waals surface area contributed by atoms with Crippen LogP contribution in [0.4, 0.5) is 0 Å². The molecule has 3 aromatic rings. The second kappa shape index (κ2) is 8.38. The number of hydrogen-bond acceptors (Lipinski definition) is 6. The minimum Gasteiger partial charge on any atom is -0.328 e. The molecule has 0 saturated heterocycles. The summed E-state index contributed by atoms with van der Waals surface area (Å²) in [4.78, 5) is 9.53. The molecule has 0 radical (unpaired) electrons. The van der Waals surface area contributed by atoms with Crippen LogP contribution in [0.3, 0.4) is 0 Å². The van der Waals surface area contributed by atoms with E-state index in [1.54, 1.807) is 18.2 Å². The van der Waals surface area contributed by atoms with Crippen molar-refractivity contribution in [2.45, 2.75) is 49.9 Å². The standard InChI is InChI=1S/C21H25N5O2S2/c1-7-26-19-9-8-16(30(27,28)25(5)6)10-18(19)24-20(26)12-29-21-17(11-22)14(3)13(2)15(4)23-21/h8-10H,7,12H2,1-6H3. The summed E-state index contributed by atoms with van der Waals surface area (Å²) in [6, 6.07) is 7.31. The van der Waals surface area contributed by atoms with Crippen molar-refractivity contribution < 1.29 is 8.42 Å². The van der Waals surface area contributed by atoms with E-state index in [9.17, 15) is 13.7 Å². The van der Waals surface area contributed by atoms with Gasteiger partial charge < -0.3 is 4.57 Å². The molecular weight excluding hydrogens is 418 g/mol. The molecule has 2 aromatic heterocycles. The predicted octanol–water partition coefficient (Wildman–Crippen LogP) is 3.79. The van der Waals surface area contributed by atoms with Crippen LogP contribution in [0.2, 0.25) is 0 Å². The largest absolute Gasteiger partial charge is 0.328 e. The summed E-state index contributed by atoms with van der Waals surface area (Å²) in [5.41, 5.74) is 5.02. The summed E-state index contributed by atoms with van der Waals surface area (Å²) < 4.78 is 28.2. The number of pyridine rings is 1. The Kier molecular flexibility index (Phi) is 6.22. The summed E-state index contributed by atoms with van der Waals surface area (Å²) >= 11 is 1.48. The van der Waals surface area contributed by atoms with Gasteiger partial charge in [-0.2, -0.15) is 5.26 Å². The molecular formula is C21H25N5O2S2. The Bertz CT molecular complexity index is 1270. The van der Waals surface area contributed by atoms with Crippen LogP contribution in [-0.2, 0) is 22.3 Å². The fraction of sp³-hybridized carbons (Fsp3) is 0.381. The van der Waals surface area contributed by atoms with Gasteiger partial charge in [0.15, 0.2) is 0 Å². The van der Waals surface area contributed by atoms with Gasteiger partial charge in [0, 0.05) is 26.3 Å². The molecule has 9 heteroatoms. The van der Waals surface area contributed by atoms with Crippen LogP contribution < -0.4 is 0 Å². The molecule has 0 fully saturated rings. The lowest BCUT2D eigenvalue weighted by Gasteiger charge is -2.12. The number of sulfonamides is 1. The molecule has 0 aliphatic rings. The van der Waals surface area contributed by atoms with E-state index >= 15 is 0 Å². The van der Waals surface area contributed by atoms with Crippen molar-refractivity contribution in [1.29, 1.82) is 5.26 Å². The number of nitrogens with zero attached hydrogens (tertiary/aromatic N) is 5. The van der Waals surface area contributed by atoms with Gasteiger partial charge >= 0.3 is 0 Å². The molecule has 158 valence electrons. The van der Waals surface area contributed by atoms with E-state index in [0.29, 0.717) is 28.4 Å².